The summed E-state index contributed by atoms with van der Waals surface area (Å²) in [6.07, 6.45) is 0.459. The summed E-state index contributed by atoms with van der Waals surface area (Å²) in [5.41, 5.74) is 0.970. The number of carbonyl (C=O) groups excluding carboxylic acids is 1. The fourth-order valence-electron chi connectivity index (χ4n) is 1.89. The molecule has 0 amide bonds. The van der Waals surface area contributed by atoms with Gasteiger partial charge in [0.2, 0.25) is 0 Å². The van der Waals surface area contributed by atoms with E-state index >= 15 is 0 Å². The van der Waals surface area contributed by atoms with Gasteiger partial charge in [0.15, 0.2) is 0 Å². The van der Waals surface area contributed by atoms with E-state index in [-0.39, 0.29) is 6.42 Å². The molecule has 4 heteroatoms. The number of rotatable bonds is 2. The Kier molecular flexibility index (Phi) is 2.66. The Morgan fingerprint density at radius 2 is 2.00 bits per heavy atom. The van der Waals surface area contributed by atoms with Crippen LogP contribution in [0.2, 0.25) is 0 Å². The van der Waals surface area contributed by atoms with Crippen LogP contribution < -0.4 is 0 Å². The van der Waals surface area contributed by atoms with Crippen LogP contribution >= 0.6 is 0 Å². The second-order valence-corrected chi connectivity index (χ2v) is 3.97. The van der Waals surface area contributed by atoms with Gasteiger partial charge in [-0.05, 0) is 24.1 Å². The van der Waals surface area contributed by atoms with Gasteiger partial charge in [-0.2, -0.15) is 0 Å². The summed E-state index contributed by atoms with van der Waals surface area (Å²) in [6.45, 7) is 0. The van der Waals surface area contributed by atoms with E-state index in [9.17, 15) is 13.6 Å². The molecule has 1 saturated carbocycles. The summed E-state index contributed by atoms with van der Waals surface area (Å²) in [5, 5.41) is 0. The lowest BCUT2D eigenvalue weighted by Crippen LogP contribution is -2.36. The minimum atomic E-state index is -2.59. The predicted molar refractivity (Wildman–Crippen MR) is 54.7 cm³/mol. The number of methoxy groups -OCH3 is 1. The standard InChI is InChI=1S/C12H12F2O2/c1-16-11(15)9-4-2-8(3-5-9)10-6-7-12(10,13)14/h2-5,10H,6-7H2,1H3. The third kappa shape index (κ3) is 1.79. The van der Waals surface area contributed by atoms with Crippen molar-refractivity contribution in [3.05, 3.63) is 35.4 Å². The molecule has 1 aromatic rings. The molecular formula is C12H12F2O2. The van der Waals surface area contributed by atoms with E-state index in [1.807, 2.05) is 0 Å². The quantitative estimate of drug-likeness (QED) is 0.724. The average molecular weight is 226 g/mol. The highest BCUT2D eigenvalue weighted by Gasteiger charge is 2.48. The van der Waals surface area contributed by atoms with Crippen molar-refractivity contribution >= 4 is 5.97 Å². The highest BCUT2D eigenvalue weighted by atomic mass is 19.3. The number of ether oxygens (including phenoxy) is 1. The molecule has 16 heavy (non-hydrogen) atoms. The molecule has 0 aliphatic heterocycles. The van der Waals surface area contributed by atoms with Crippen molar-refractivity contribution in [2.45, 2.75) is 24.7 Å². The van der Waals surface area contributed by atoms with Crippen molar-refractivity contribution in [1.82, 2.24) is 0 Å². The van der Waals surface area contributed by atoms with Crippen LogP contribution in [0.15, 0.2) is 24.3 Å². The van der Waals surface area contributed by atoms with Crippen LogP contribution in [0.5, 0.6) is 0 Å². The number of benzene rings is 1. The van der Waals surface area contributed by atoms with Gasteiger partial charge in [0.05, 0.1) is 12.7 Å². The van der Waals surface area contributed by atoms with E-state index in [4.69, 9.17) is 0 Å². The normalized spacial score (nSPS) is 22.3. The van der Waals surface area contributed by atoms with Gasteiger partial charge in [0.25, 0.3) is 5.92 Å². The molecule has 0 saturated heterocycles. The lowest BCUT2D eigenvalue weighted by molar-refractivity contribution is -0.0962. The molecule has 1 unspecified atom stereocenters. The number of alkyl halides is 2. The Labute approximate surface area is 92.2 Å². The summed E-state index contributed by atoms with van der Waals surface area (Å²) >= 11 is 0. The maximum absolute atomic E-state index is 13.1. The minimum Gasteiger partial charge on any atom is -0.465 e. The lowest BCUT2D eigenvalue weighted by Gasteiger charge is -2.36. The van der Waals surface area contributed by atoms with Gasteiger partial charge in [-0.3, -0.25) is 0 Å². The molecule has 2 nitrogen and oxygen atoms in total. The van der Waals surface area contributed by atoms with Gasteiger partial charge in [-0.25, -0.2) is 13.6 Å². The number of carbonyl (C=O) groups is 1. The number of halogens is 2. The van der Waals surface area contributed by atoms with Crippen molar-refractivity contribution in [3.63, 3.8) is 0 Å². The topological polar surface area (TPSA) is 26.3 Å². The van der Waals surface area contributed by atoms with Crippen LogP contribution in [0.1, 0.15) is 34.7 Å². The fourth-order valence-corrected chi connectivity index (χ4v) is 1.89. The van der Waals surface area contributed by atoms with E-state index in [2.05, 4.69) is 4.74 Å². The summed E-state index contributed by atoms with van der Waals surface area (Å²) in [6, 6.07) is 6.19. The number of esters is 1. The smallest absolute Gasteiger partial charge is 0.337 e. The van der Waals surface area contributed by atoms with Crippen LogP contribution in [-0.2, 0) is 4.74 Å². The van der Waals surface area contributed by atoms with Gasteiger partial charge in [-0.15, -0.1) is 0 Å². The van der Waals surface area contributed by atoms with Crippen molar-refractivity contribution in [3.8, 4) is 0 Å². The molecule has 0 aromatic heterocycles. The molecule has 1 aliphatic carbocycles. The van der Waals surface area contributed by atoms with Crippen molar-refractivity contribution in [2.24, 2.45) is 0 Å². The molecule has 1 atom stereocenters. The maximum Gasteiger partial charge on any atom is 0.337 e. The Morgan fingerprint density at radius 1 is 1.38 bits per heavy atom. The first-order valence-corrected chi connectivity index (χ1v) is 5.10. The second-order valence-electron chi connectivity index (χ2n) is 3.97. The molecule has 86 valence electrons. The van der Waals surface area contributed by atoms with Gasteiger partial charge in [0, 0.05) is 12.3 Å². The highest BCUT2D eigenvalue weighted by Crippen LogP contribution is 2.49. The van der Waals surface area contributed by atoms with Gasteiger partial charge >= 0.3 is 5.97 Å². The third-order valence-corrected chi connectivity index (χ3v) is 3.01. The van der Waals surface area contributed by atoms with Gasteiger partial charge in [0.1, 0.15) is 0 Å². The van der Waals surface area contributed by atoms with E-state index in [1.54, 1.807) is 12.1 Å². The zero-order valence-corrected chi connectivity index (χ0v) is 8.87. The summed E-state index contributed by atoms with van der Waals surface area (Å²) in [7, 11) is 1.29. The van der Waals surface area contributed by atoms with Crippen molar-refractivity contribution < 1.29 is 18.3 Å². The minimum absolute atomic E-state index is 0.0452. The molecule has 1 aliphatic rings. The maximum atomic E-state index is 13.1. The summed E-state index contributed by atoms with van der Waals surface area (Å²) < 4.78 is 30.8. The molecule has 1 aromatic carbocycles. The summed E-state index contributed by atoms with van der Waals surface area (Å²) in [5.74, 6) is -3.74. The Morgan fingerprint density at radius 3 is 2.38 bits per heavy atom. The molecule has 0 spiro atoms. The molecule has 0 bridgehead atoms. The SMILES string of the molecule is COC(=O)c1ccc(C2CCC2(F)F)cc1. The van der Waals surface area contributed by atoms with E-state index in [1.165, 1.54) is 19.2 Å². The van der Waals surface area contributed by atoms with E-state index < -0.39 is 17.8 Å². The van der Waals surface area contributed by atoms with Crippen LogP contribution in [0.4, 0.5) is 8.78 Å². The van der Waals surface area contributed by atoms with Crippen LogP contribution in [0.25, 0.3) is 0 Å². The average Bonchev–Trinajstić information content (AvgIpc) is 2.28. The van der Waals surface area contributed by atoms with Crippen molar-refractivity contribution in [1.29, 1.82) is 0 Å². The van der Waals surface area contributed by atoms with Gasteiger partial charge in [-0.1, -0.05) is 12.1 Å². The van der Waals surface area contributed by atoms with E-state index in [0.717, 1.165) is 0 Å². The molecule has 2 rings (SSSR count). The van der Waals surface area contributed by atoms with E-state index in [0.29, 0.717) is 17.5 Å². The monoisotopic (exact) mass is 226 g/mol. The first-order chi connectivity index (χ1) is 7.54. The number of hydrogen-bond acceptors (Lipinski definition) is 2. The zero-order chi connectivity index (χ0) is 11.8. The first-order valence-electron chi connectivity index (χ1n) is 5.10. The van der Waals surface area contributed by atoms with Crippen molar-refractivity contribution in [2.75, 3.05) is 7.11 Å². The van der Waals surface area contributed by atoms with Crippen LogP contribution in [0.3, 0.4) is 0 Å². The van der Waals surface area contributed by atoms with Crippen LogP contribution in [-0.4, -0.2) is 19.0 Å². The number of hydrogen-bond donors (Lipinski definition) is 0. The third-order valence-electron chi connectivity index (χ3n) is 3.01. The zero-order valence-electron chi connectivity index (χ0n) is 8.87. The Balaban J connectivity index is 2.17. The highest BCUT2D eigenvalue weighted by molar-refractivity contribution is 5.89. The predicted octanol–water partition coefficient (Wildman–Crippen LogP) is 2.99. The van der Waals surface area contributed by atoms with Crippen LogP contribution in [0, 0.1) is 0 Å². The molecule has 0 radical (unpaired) electrons. The Hall–Kier alpha value is -1.45. The largest absolute Gasteiger partial charge is 0.465 e. The summed E-state index contributed by atoms with van der Waals surface area (Å²) in [4.78, 5) is 11.1. The fraction of sp³-hybridized carbons (Fsp3) is 0.417. The molecular weight excluding hydrogens is 214 g/mol. The van der Waals surface area contributed by atoms with Gasteiger partial charge < -0.3 is 4.74 Å². The first kappa shape index (κ1) is 11.0. The molecule has 1 fully saturated rings. The molecule has 0 heterocycles. The molecule has 0 N–H and O–H groups in total. The Bertz CT molecular complexity index is 398. The second kappa shape index (κ2) is 3.85. The lowest BCUT2D eigenvalue weighted by atomic mass is 9.76.